The third-order valence-corrected chi connectivity index (χ3v) is 2.93. The molecule has 1 aromatic carbocycles. The lowest BCUT2D eigenvalue weighted by molar-refractivity contribution is -0.137. The predicted octanol–water partition coefficient (Wildman–Crippen LogP) is 1.76. The highest BCUT2D eigenvalue weighted by molar-refractivity contribution is 6.59. The standard InChI is InChI=1S/C13H11BF3NO2/c1-8-7-18-12(6-11(8)14(19)20)9-4-2-3-5-10(9)13(15,16)17/h2-7,19-20H,1H3. The van der Waals surface area contributed by atoms with Gasteiger partial charge in [-0.3, -0.25) is 4.98 Å². The molecule has 0 fully saturated rings. The van der Waals surface area contributed by atoms with Crippen LogP contribution in [0.15, 0.2) is 36.5 Å². The van der Waals surface area contributed by atoms with Crippen molar-refractivity contribution >= 4 is 12.6 Å². The molecule has 0 aliphatic rings. The van der Waals surface area contributed by atoms with Gasteiger partial charge in [0, 0.05) is 11.8 Å². The van der Waals surface area contributed by atoms with E-state index in [1.165, 1.54) is 30.5 Å². The minimum atomic E-state index is -4.50. The molecule has 0 radical (unpaired) electrons. The van der Waals surface area contributed by atoms with Gasteiger partial charge in [0.05, 0.1) is 11.3 Å². The number of nitrogens with zero attached hydrogens (tertiary/aromatic N) is 1. The molecule has 2 aromatic rings. The van der Waals surface area contributed by atoms with Crippen LogP contribution in [0.5, 0.6) is 0 Å². The quantitative estimate of drug-likeness (QED) is 0.825. The summed E-state index contributed by atoms with van der Waals surface area (Å²) in [5.74, 6) is 0. The van der Waals surface area contributed by atoms with E-state index < -0.39 is 18.9 Å². The first-order valence-corrected chi connectivity index (χ1v) is 5.80. The van der Waals surface area contributed by atoms with Crippen LogP contribution >= 0.6 is 0 Å². The van der Waals surface area contributed by atoms with Crippen LogP contribution in [0.2, 0.25) is 0 Å². The summed E-state index contributed by atoms with van der Waals surface area (Å²) in [6.45, 7) is 1.60. The van der Waals surface area contributed by atoms with Gasteiger partial charge in [-0.05, 0) is 30.1 Å². The molecule has 0 aliphatic heterocycles. The minimum Gasteiger partial charge on any atom is -0.423 e. The number of halogens is 3. The number of pyridine rings is 1. The van der Waals surface area contributed by atoms with E-state index in [1.807, 2.05) is 0 Å². The Morgan fingerprint density at radius 2 is 1.80 bits per heavy atom. The molecule has 20 heavy (non-hydrogen) atoms. The fourth-order valence-corrected chi connectivity index (χ4v) is 1.92. The largest absolute Gasteiger partial charge is 0.488 e. The van der Waals surface area contributed by atoms with E-state index in [0.717, 1.165) is 6.07 Å². The highest BCUT2D eigenvalue weighted by atomic mass is 19.4. The second-order valence-electron chi connectivity index (χ2n) is 4.34. The van der Waals surface area contributed by atoms with E-state index in [1.54, 1.807) is 6.92 Å². The van der Waals surface area contributed by atoms with Crippen LogP contribution in [0, 0.1) is 6.92 Å². The third kappa shape index (κ3) is 2.83. The molecule has 0 saturated heterocycles. The van der Waals surface area contributed by atoms with Gasteiger partial charge in [0.2, 0.25) is 0 Å². The van der Waals surface area contributed by atoms with Gasteiger partial charge in [-0.15, -0.1) is 0 Å². The molecular weight excluding hydrogens is 270 g/mol. The molecule has 0 spiro atoms. The average Bonchev–Trinajstić information content (AvgIpc) is 2.38. The van der Waals surface area contributed by atoms with Crippen LogP contribution in [0.4, 0.5) is 13.2 Å². The maximum Gasteiger partial charge on any atom is 0.488 e. The lowest BCUT2D eigenvalue weighted by atomic mass is 9.77. The van der Waals surface area contributed by atoms with E-state index in [0.29, 0.717) is 5.56 Å². The van der Waals surface area contributed by atoms with Gasteiger partial charge in [-0.1, -0.05) is 18.2 Å². The zero-order valence-corrected chi connectivity index (χ0v) is 10.5. The molecule has 0 saturated carbocycles. The van der Waals surface area contributed by atoms with Crippen molar-refractivity contribution in [3.8, 4) is 11.3 Å². The Balaban J connectivity index is 2.61. The second kappa shape index (κ2) is 5.26. The summed E-state index contributed by atoms with van der Waals surface area (Å²) in [4.78, 5) is 3.94. The lowest BCUT2D eigenvalue weighted by Crippen LogP contribution is -2.32. The first-order chi connectivity index (χ1) is 9.30. The number of alkyl halides is 3. The van der Waals surface area contributed by atoms with Crippen molar-refractivity contribution in [2.75, 3.05) is 0 Å². The van der Waals surface area contributed by atoms with Gasteiger partial charge in [-0.2, -0.15) is 13.2 Å². The van der Waals surface area contributed by atoms with E-state index in [9.17, 15) is 23.2 Å². The number of hydrogen-bond acceptors (Lipinski definition) is 3. The zero-order valence-electron chi connectivity index (χ0n) is 10.5. The predicted molar refractivity (Wildman–Crippen MR) is 69.2 cm³/mol. The lowest BCUT2D eigenvalue weighted by Gasteiger charge is -2.13. The molecule has 0 unspecified atom stereocenters. The van der Waals surface area contributed by atoms with E-state index in [4.69, 9.17) is 0 Å². The topological polar surface area (TPSA) is 53.4 Å². The summed E-state index contributed by atoms with van der Waals surface area (Å²) in [5, 5.41) is 18.4. The number of benzene rings is 1. The Bertz CT molecular complexity index is 629. The third-order valence-electron chi connectivity index (χ3n) is 2.93. The van der Waals surface area contributed by atoms with Crippen LogP contribution in [-0.4, -0.2) is 22.2 Å². The van der Waals surface area contributed by atoms with Gasteiger partial charge < -0.3 is 10.0 Å². The summed E-state index contributed by atoms with van der Waals surface area (Å²) < 4.78 is 38.8. The monoisotopic (exact) mass is 281 g/mol. The molecule has 0 amide bonds. The first-order valence-electron chi connectivity index (χ1n) is 5.80. The van der Waals surface area contributed by atoms with Gasteiger partial charge in [0.25, 0.3) is 0 Å². The Morgan fingerprint density at radius 1 is 1.15 bits per heavy atom. The maximum atomic E-state index is 12.9. The van der Waals surface area contributed by atoms with Gasteiger partial charge >= 0.3 is 13.3 Å². The smallest absolute Gasteiger partial charge is 0.423 e. The highest BCUT2D eigenvalue weighted by Crippen LogP contribution is 2.35. The van der Waals surface area contributed by atoms with Crippen LogP contribution in [0.3, 0.4) is 0 Å². The summed E-state index contributed by atoms with van der Waals surface area (Å²) in [5.41, 5.74) is -0.233. The fraction of sp³-hybridized carbons (Fsp3) is 0.154. The van der Waals surface area contributed by atoms with Crippen molar-refractivity contribution in [3.63, 3.8) is 0 Å². The highest BCUT2D eigenvalue weighted by Gasteiger charge is 2.33. The van der Waals surface area contributed by atoms with E-state index >= 15 is 0 Å². The molecule has 7 heteroatoms. The second-order valence-corrected chi connectivity index (χ2v) is 4.34. The normalized spacial score (nSPS) is 11.5. The van der Waals surface area contributed by atoms with Crippen LogP contribution in [0.1, 0.15) is 11.1 Å². The molecule has 2 rings (SSSR count). The van der Waals surface area contributed by atoms with Gasteiger partial charge in [0.1, 0.15) is 0 Å². The molecular formula is C13H11BF3NO2. The van der Waals surface area contributed by atoms with E-state index in [2.05, 4.69) is 4.98 Å². The van der Waals surface area contributed by atoms with Crippen molar-refractivity contribution in [1.82, 2.24) is 4.98 Å². The molecule has 0 aliphatic carbocycles. The molecule has 0 bridgehead atoms. The summed E-state index contributed by atoms with van der Waals surface area (Å²) in [6, 6.07) is 6.29. The molecule has 2 N–H and O–H groups in total. The first kappa shape index (κ1) is 14.6. The molecule has 1 aromatic heterocycles. The number of aromatic nitrogens is 1. The van der Waals surface area contributed by atoms with Crippen LogP contribution in [0.25, 0.3) is 11.3 Å². The number of rotatable bonds is 2. The van der Waals surface area contributed by atoms with Crippen LogP contribution < -0.4 is 5.46 Å². The number of hydrogen-bond donors (Lipinski definition) is 2. The Morgan fingerprint density at radius 3 is 2.40 bits per heavy atom. The van der Waals surface area contributed by atoms with Crippen LogP contribution in [-0.2, 0) is 6.18 Å². The minimum absolute atomic E-state index is 0.0478. The summed E-state index contributed by atoms with van der Waals surface area (Å²) in [6.07, 6.45) is -3.18. The van der Waals surface area contributed by atoms with Gasteiger partial charge in [0.15, 0.2) is 0 Å². The molecule has 104 valence electrons. The Labute approximate surface area is 113 Å². The average molecular weight is 281 g/mol. The zero-order chi connectivity index (χ0) is 14.9. The van der Waals surface area contributed by atoms with E-state index in [-0.39, 0.29) is 16.7 Å². The fourth-order valence-electron chi connectivity index (χ4n) is 1.92. The SMILES string of the molecule is Cc1cnc(-c2ccccc2C(F)(F)F)cc1B(O)O. The molecule has 0 atom stereocenters. The summed E-state index contributed by atoms with van der Waals surface area (Å²) >= 11 is 0. The Hall–Kier alpha value is -1.86. The molecule has 3 nitrogen and oxygen atoms in total. The van der Waals surface area contributed by atoms with Crippen molar-refractivity contribution in [2.45, 2.75) is 13.1 Å². The van der Waals surface area contributed by atoms with Crippen molar-refractivity contribution < 1.29 is 23.2 Å². The number of aryl methyl sites for hydroxylation is 1. The Kier molecular flexibility index (Phi) is 3.83. The van der Waals surface area contributed by atoms with Gasteiger partial charge in [-0.25, -0.2) is 0 Å². The maximum absolute atomic E-state index is 12.9. The molecule has 1 heterocycles. The van der Waals surface area contributed by atoms with Crippen molar-refractivity contribution in [2.24, 2.45) is 0 Å². The van der Waals surface area contributed by atoms with Crippen molar-refractivity contribution in [3.05, 3.63) is 47.7 Å². The summed E-state index contributed by atoms with van der Waals surface area (Å²) in [7, 11) is -1.75. The van der Waals surface area contributed by atoms with Crippen molar-refractivity contribution in [1.29, 1.82) is 0 Å².